The van der Waals surface area contributed by atoms with Gasteiger partial charge in [0.25, 0.3) is 0 Å². The van der Waals surface area contributed by atoms with Crippen LogP contribution in [0.1, 0.15) is 20.3 Å². The zero-order valence-electron chi connectivity index (χ0n) is 16.3. The normalized spacial score (nSPS) is 11.3. The van der Waals surface area contributed by atoms with E-state index < -0.39 is 11.9 Å². The maximum absolute atomic E-state index is 12.6. The van der Waals surface area contributed by atoms with Gasteiger partial charge in [0, 0.05) is 11.4 Å². The molecule has 1 heterocycles. The van der Waals surface area contributed by atoms with Crippen LogP contribution in [0.3, 0.4) is 0 Å². The number of aromatic nitrogens is 2. The Hall–Kier alpha value is -3.75. The molecular formula is C20H24N6O3. The average Bonchev–Trinajstić information content (AvgIpc) is 2.69. The second-order valence-corrected chi connectivity index (χ2v) is 6.65. The van der Waals surface area contributed by atoms with Crippen molar-refractivity contribution in [1.82, 2.24) is 15.3 Å². The molecule has 9 heteroatoms. The second-order valence-electron chi connectivity index (χ2n) is 6.65. The molecular weight excluding hydrogens is 372 g/mol. The summed E-state index contributed by atoms with van der Waals surface area (Å²) in [7, 11) is 0. The first-order valence-electron chi connectivity index (χ1n) is 9.04. The molecule has 3 amide bonds. The monoisotopic (exact) mass is 396 g/mol. The zero-order valence-corrected chi connectivity index (χ0v) is 16.3. The lowest BCUT2D eigenvalue weighted by Crippen LogP contribution is -2.44. The smallest absolute Gasteiger partial charge is 0.246 e. The Balaban J connectivity index is 2.06. The number of carbonyl (C=O) groups excluding carboxylic acids is 3. The van der Waals surface area contributed by atoms with E-state index in [4.69, 9.17) is 0 Å². The summed E-state index contributed by atoms with van der Waals surface area (Å²) in [6, 6.07) is 6.35. The maximum atomic E-state index is 12.6. The first-order valence-corrected chi connectivity index (χ1v) is 9.04. The highest BCUT2D eigenvalue weighted by Gasteiger charge is 2.21. The lowest BCUT2D eigenvalue weighted by Gasteiger charge is -2.19. The average molecular weight is 396 g/mol. The second kappa shape index (κ2) is 10.5. The van der Waals surface area contributed by atoms with Gasteiger partial charge in [0.15, 0.2) is 0 Å². The molecule has 0 saturated heterocycles. The van der Waals surface area contributed by atoms with Crippen molar-refractivity contribution in [3.63, 3.8) is 0 Å². The van der Waals surface area contributed by atoms with Crippen molar-refractivity contribution in [3.8, 4) is 0 Å². The summed E-state index contributed by atoms with van der Waals surface area (Å²) in [5.41, 5.74) is 1.69. The lowest BCUT2D eigenvalue weighted by atomic mass is 10.0. The third-order valence-electron chi connectivity index (χ3n) is 3.79. The Morgan fingerprint density at radius 3 is 2.45 bits per heavy atom. The van der Waals surface area contributed by atoms with Crippen molar-refractivity contribution in [2.75, 3.05) is 16.0 Å². The quantitative estimate of drug-likeness (QED) is 0.361. The number of anilines is 4. The molecule has 29 heavy (non-hydrogen) atoms. The summed E-state index contributed by atoms with van der Waals surface area (Å²) >= 11 is 0. The van der Waals surface area contributed by atoms with Crippen LogP contribution in [0.5, 0.6) is 0 Å². The Labute approximate surface area is 169 Å². The Kier molecular flexibility index (Phi) is 7.84. The molecule has 0 saturated carbocycles. The van der Waals surface area contributed by atoms with E-state index >= 15 is 0 Å². The zero-order chi connectivity index (χ0) is 21.2. The van der Waals surface area contributed by atoms with Gasteiger partial charge in [-0.1, -0.05) is 26.5 Å². The lowest BCUT2D eigenvalue weighted by molar-refractivity contribution is -0.124. The summed E-state index contributed by atoms with van der Waals surface area (Å²) in [5, 5.41) is 10.9. The van der Waals surface area contributed by atoms with E-state index in [9.17, 15) is 14.4 Å². The van der Waals surface area contributed by atoms with E-state index in [1.165, 1.54) is 12.4 Å². The van der Waals surface area contributed by atoms with Crippen molar-refractivity contribution >= 4 is 41.2 Å². The van der Waals surface area contributed by atoms with Gasteiger partial charge >= 0.3 is 0 Å². The van der Waals surface area contributed by atoms with Crippen molar-refractivity contribution in [1.29, 1.82) is 0 Å². The fraction of sp³-hybridized carbons (Fsp3) is 0.250. The molecule has 0 spiro atoms. The predicted octanol–water partition coefficient (Wildman–Crippen LogP) is 2.44. The molecule has 0 aliphatic carbocycles. The molecule has 1 atom stereocenters. The van der Waals surface area contributed by atoms with Gasteiger partial charge in [-0.3, -0.25) is 14.4 Å². The highest BCUT2D eigenvalue weighted by Crippen LogP contribution is 2.19. The third-order valence-corrected chi connectivity index (χ3v) is 3.79. The minimum absolute atomic E-state index is 0.220. The predicted molar refractivity (Wildman–Crippen MR) is 112 cm³/mol. The van der Waals surface area contributed by atoms with Gasteiger partial charge in [0.05, 0.1) is 18.1 Å². The first-order chi connectivity index (χ1) is 13.9. The fourth-order valence-electron chi connectivity index (χ4n) is 2.50. The number of nitrogens with zero attached hydrogens (tertiary/aromatic N) is 2. The summed E-state index contributed by atoms with van der Waals surface area (Å²) in [6.07, 6.45) is 5.11. The molecule has 2 rings (SSSR count). The van der Waals surface area contributed by atoms with Gasteiger partial charge < -0.3 is 21.3 Å². The summed E-state index contributed by atoms with van der Waals surface area (Å²) < 4.78 is 0. The van der Waals surface area contributed by atoms with Crippen LogP contribution in [0.25, 0.3) is 0 Å². The van der Waals surface area contributed by atoms with Crippen LogP contribution in [0, 0.1) is 5.92 Å². The molecule has 9 nitrogen and oxygen atoms in total. The number of amides is 3. The Morgan fingerprint density at radius 1 is 1.14 bits per heavy atom. The first kappa shape index (κ1) is 21.5. The molecule has 152 valence electrons. The summed E-state index contributed by atoms with van der Waals surface area (Å²) in [6.45, 7) is 7.36. The number of carbonyl (C=O) groups is 3. The van der Waals surface area contributed by atoms with Gasteiger partial charge in [-0.25, -0.2) is 9.97 Å². The number of hydrogen-bond donors (Lipinski definition) is 4. The van der Waals surface area contributed by atoms with Crippen LogP contribution >= 0.6 is 0 Å². The van der Waals surface area contributed by atoms with Crippen LogP contribution < -0.4 is 21.3 Å². The van der Waals surface area contributed by atoms with E-state index in [0.29, 0.717) is 35.8 Å². The third kappa shape index (κ3) is 7.06. The van der Waals surface area contributed by atoms with Crippen LogP contribution in [0.4, 0.5) is 23.0 Å². The maximum Gasteiger partial charge on any atom is 0.246 e. The van der Waals surface area contributed by atoms with Crippen molar-refractivity contribution in [3.05, 3.63) is 49.3 Å². The van der Waals surface area contributed by atoms with E-state index in [2.05, 4.69) is 37.8 Å². The van der Waals surface area contributed by atoms with E-state index in [0.717, 1.165) is 6.08 Å². The van der Waals surface area contributed by atoms with Crippen LogP contribution in [0.2, 0.25) is 0 Å². The fourth-order valence-corrected chi connectivity index (χ4v) is 2.50. The Bertz CT molecular complexity index is 867. The highest BCUT2D eigenvalue weighted by molar-refractivity contribution is 5.99. The SMILES string of the molecule is C=CC(=O)NC(CC(C)C)C(=O)Nc1cccc(Nc2ncc(NC=O)cn2)c1. The minimum atomic E-state index is -0.668. The molecule has 2 aromatic rings. The van der Waals surface area contributed by atoms with Crippen LogP contribution in [-0.4, -0.2) is 34.2 Å². The van der Waals surface area contributed by atoms with Gasteiger partial charge in [0.1, 0.15) is 6.04 Å². The summed E-state index contributed by atoms with van der Waals surface area (Å²) in [5.74, 6) is -0.156. The number of hydrogen-bond acceptors (Lipinski definition) is 6. The highest BCUT2D eigenvalue weighted by atomic mass is 16.2. The number of nitrogens with one attached hydrogen (secondary N) is 4. The molecule has 4 N–H and O–H groups in total. The van der Waals surface area contributed by atoms with Crippen LogP contribution in [-0.2, 0) is 14.4 Å². The number of rotatable bonds is 10. The van der Waals surface area contributed by atoms with Gasteiger partial charge in [-0.2, -0.15) is 0 Å². The van der Waals surface area contributed by atoms with E-state index in [-0.39, 0.29) is 11.8 Å². The standard InChI is InChI=1S/C20H24N6O3/c1-4-18(28)26-17(8-13(2)3)19(29)24-14-6-5-7-15(9-14)25-20-21-10-16(11-22-20)23-12-27/h4-7,9-13,17H,1,8H2,2-3H3,(H,23,27)(H,24,29)(H,26,28)(H,21,22,25). The van der Waals surface area contributed by atoms with Crippen LogP contribution in [0.15, 0.2) is 49.3 Å². The van der Waals surface area contributed by atoms with Gasteiger partial charge in [-0.05, 0) is 36.6 Å². The minimum Gasteiger partial charge on any atom is -0.341 e. The van der Waals surface area contributed by atoms with Crippen molar-refractivity contribution in [2.24, 2.45) is 5.92 Å². The molecule has 1 aromatic heterocycles. The largest absolute Gasteiger partial charge is 0.341 e. The molecule has 0 bridgehead atoms. The number of benzene rings is 1. The molecule has 1 unspecified atom stereocenters. The molecule has 0 aliphatic heterocycles. The van der Waals surface area contributed by atoms with Crippen molar-refractivity contribution < 1.29 is 14.4 Å². The van der Waals surface area contributed by atoms with Gasteiger partial charge in [0.2, 0.25) is 24.2 Å². The van der Waals surface area contributed by atoms with Gasteiger partial charge in [-0.15, -0.1) is 0 Å². The molecule has 0 radical (unpaired) electrons. The molecule has 1 aromatic carbocycles. The van der Waals surface area contributed by atoms with E-state index in [1.54, 1.807) is 24.3 Å². The van der Waals surface area contributed by atoms with Crippen molar-refractivity contribution in [2.45, 2.75) is 26.3 Å². The molecule has 0 fully saturated rings. The summed E-state index contributed by atoms with van der Waals surface area (Å²) in [4.78, 5) is 42.9. The Morgan fingerprint density at radius 2 is 1.83 bits per heavy atom. The van der Waals surface area contributed by atoms with E-state index in [1.807, 2.05) is 13.8 Å². The topological polar surface area (TPSA) is 125 Å². The molecule has 0 aliphatic rings.